The van der Waals surface area contributed by atoms with E-state index in [0.29, 0.717) is 5.69 Å². The van der Waals surface area contributed by atoms with E-state index in [1.54, 1.807) is 13.4 Å². The van der Waals surface area contributed by atoms with Gasteiger partial charge >= 0.3 is 0 Å². The van der Waals surface area contributed by atoms with Crippen LogP contribution in [0, 0.1) is 17.8 Å². The molecule has 4 saturated carbocycles. The second kappa shape index (κ2) is 7.71. The van der Waals surface area contributed by atoms with Gasteiger partial charge in [-0.05, 0) is 80.5 Å². The van der Waals surface area contributed by atoms with Crippen molar-refractivity contribution in [3.05, 3.63) is 30.6 Å². The number of nitrogen functional groups attached to an aromatic ring is 1. The molecule has 7 heteroatoms. The van der Waals surface area contributed by atoms with E-state index in [9.17, 15) is 0 Å². The van der Waals surface area contributed by atoms with Crippen molar-refractivity contribution in [3.63, 3.8) is 0 Å². The van der Waals surface area contributed by atoms with Gasteiger partial charge in [0.1, 0.15) is 17.8 Å². The first-order valence-corrected chi connectivity index (χ1v) is 12.1. The Morgan fingerprint density at radius 3 is 2.09 bits per heavy atom. The predicted molar refractivity (Wildman–Crippen MR) is 128 cm³/mol. The van der Waals surface area contributed by atoms with E-state index in [4.69, 9.17) is 10.5 Å². The molecule has 170 valence electrons. The highest BCUT2D eigenvalue weighted by Crippen LogP contribution is 2.56. The van der Waals surface area contributed by atoms with Gasteiger partial charge in [0.25, 0.3) is 0 Å². The van der Waals surface area contributed by atoms with Crippen molar-refractivity contribution in [1.82, 2.24) is 9.97 Å². The Kier molecular flexibility index (Phi) is 4.81. The van der Waals surface area contributed by atoms with Gasteiger partial charge in [-0.15, -0.1) is 0 Å². The van der Waals surface area contributed by atoms with E-state index >= 15 is 0 Å². The van der Waals surface area contributed by atoms with Crippen LogP contribution in [0.15, 0.2) is 30.6 Å². The lowest BCUT2D eigenvalue weighted by molar-refractivity contribution is 0.0106. The molecule has 7 nitrogen and oxygen atoms in total. The Balaban J connectivity index is 1.15. The zero-order valence-corrected chi connectivity index (χ0v) is 19.0. The number of nitrogens with two attached hydrogens (primary N) is 1. The standard InChI is InChI=1S/C25H34N6O/c1-32-21-4-2-20(3-5-21)30-6-8-31(9-7-30)24-22(26)23(27-16-28-24)29-25-13-17-10-18(14-25)12-19(11-17)15-25/h2-5,16-19H,6-15,26H2,1H3,(H,27,28,29). The lowest BCUT2D eigenvalue weighted by atomic mass is 9.53. The van der Waals surface area contributed by atoms with Crippen LogP contribution in [0.3, 0.4) is 0 Å². The maximum atomic E-state index is 6.66. The van der Waals surface area contributed by atoms with E-state index in [-0.39, 0.29) is 5.54 Å². The average Bonchev–Trinajstić information content (AvgIpc) is 2.80. The Morgan fingerprint density at radius 2 is 1.50 bits per heavy atom. The summed E-state index contributed by atoms with van der Waals surface area (Å²) >= 11 is 0. The number of hydrogen-bond donors (Lipinski definition) is 2. The summed E-state index contributed by atoms with van der Waals surface area (Å²) in [7, 11) is 1.70. The molecule has 1 aromatic heterocycles. The zero-order valence-electron chi connectivity index (χ0n) is 19.0. The van der Waals surface area contributed by atoms with Gasteiger partial charge in [-0.2, -0.15) is 0 Å². The summed E-state index contributed by atoms with van der Waals surface area (Å²) in [5, 5.41) is 3.85. The number of rotatable bonds is 5. The molecule has 0 spiro atoms. The molecule has 1 aliphatic heterocycles. The fourth-order valence-corrected chi connectivity index (χ4v) is 7.22. The molecule has 1 saturated heterocycles. The second-order valence-corrected chi connectivity index (χ2v) is 10.5. The monoisotopic (exact) mass is 434 g/mol. The van der Waals surface area contributed by atoms with Crippen LogP contribution < -0.4 is 25.6 Å². The van der Waals surface area contributed by atoms with Crippen LogP contribution in [0.4, 0.5) is 23.0 Å². The van der Waals surface area contributed by atoms with E-state index in [1.165, 1.54) is 44.2 Å². The van der Waals surface area contributed by atoms with Gasteiger partial charge in [0, 0.05) is 37.4 Å². The molecule has 1 aromatic carbocycles. The molecule has 4 aliphatic carbocycles. The minimum atomic E-state index is 0.196. The number of nitrogens with zero attached hydrogens (tertiary/aromatic N) is 4. The SMILES string of the molecule is COc1ccc(N2CCN(c3ncnc(NC45CC6CC(CC(C6)C4)C5)c3N)CC2)cc1. The molecule has 0 atom stereocenters. The maximum Gasteiger partial charge on any atom is 0.157 e. The van der Waals surface area contributed by atoms with Crippen LogP contribution in [0.1, 0.15) is 38.5 Å². The summed E-state index contributed by atoms with van der Waals surface area (Å²) in [4.78, 5) is 13.9. The largest absolute Gasteiger partial charge is 0.497 e. The first-order chi connectivity index (χ1) is 15.6. The van der Waals surface area contributed by atoms with Gasteiger partial charge in [-0.25, -0.2) is 9.97 Å². The quantitative estimate of drug-likeness (QED) is 0.741. The van der Waals surface area contributed by atoms with Crippen LogP contribution in [0.5, 0.6) is 5.75 Å². The van der Waals surface area contributed by atoms with Crippen molar-refractivity contribution in [3.8, 4) is 5.75 Å². The number of hydrogen-bond acceptors (Lipinski definition) is 7. The third kappa shape index (κ3) is 3.51. The molecule has 4 bridgehead atoms. The lowest BCUT2D eigenvalue weighted by Crippen LogP contribution is -2.55. The summed E-state index contributed by atoms with van der Waals surface area (Å²) in [6.45, 7) is 3.66. The number of piperazine rings is 1. The van der Waals surface area contributed by atoms with Gasteiger partial charge in [-0.1, -0.05) is 0 Å². The van der Waals surface area contributed by atoms with Gasteiger partial charge in [0.15, 0.2) is 11.6 Å². The average molecular weight is 435 g/mol. The van der Waals surface area contributed by atoms with Crippen LogP contribution in [0.25, 0.3) is 0 Å². The second-order valence-electron chi connectivity index (χ2n) is 10.5. The molecule has 5 fully saturated rings. The van der Waals surface area contributed by atoms with Gasteiger partial charge in [0.2, 0.25) is 0 Å². The molecule has 5 aliphatic rings. The number of ether oxygens (including phenoxy) is 1. The normalized spacial score (nSPS) is 31.1. The summed E-state index contributed by atoms with van der Waals surface area (Å²) in [6, 6.07) is 8.29. The van der Waals surface area contributed by atoms with Crippen LogP contribution >= 0.6 is 0 Å². The smallest absolute Gasteiger partial charge is 0.157 e. The van der Waals surface area contributed by atoms with E-state index < -0.39 is 0 Å². The highest BCUT2D eigenvalue weighted by atomic mass is 16.5. The Hall–Kier alpha value is -2.70. The molecule has 0 unspecified atom stereocenters. The number of benzene rings is 1. The van der Waals surface area contributed by atoms with Crippen LogP contribution in [-0.4, -0.2) is 48.8 Å². The molecule has 3 N–H and O–H groups in total. The van der Waals surface area contributed by atoms with Gasteiger partial charge < -0.3 is 25.6 Å². The summed E-state index contributed by atoms with van der Waals surface area (Å²) in [5.74, 6) is 5.28. The van der Waals surface area contributed by atoms with Gasteiger partial charge in [0.05, 0.1) is 7.11 Å². The minimum Gasteiger partial charge on any atom is -0.497 e. The van der Waals surface area contributed by atoms with Gasteiger partial charge in [-0.3, -0.25) is 0 Å². The minimum absolute atomic E-state index is 0.196. The third-order valence-corrected chi connectivity index (χ3v) is 8.30. The number of aromatic nitrogens is 2. The Bertz CT molecular complexity index is 934. The molecule has 2 heterocycles. The van der Waals surface area contributed by atoms with Crippen LogP contribution in [-0.2, 0) is 0 Å². The number of nitrogens with one attached hydrogen (secondary N) is 1. The first kappa shape index (κ1) is 19.9. The number of anilines is 4. The number of methoxy groups -OCH3 is 1. The third-order valence-electron chi connectivity index (χ3n) is 8.30. The van der Waals surface area contributed by atoms with Crippen molar-refractivity contribution in [2.75, 3.05) is 54.1 Å². The fraction of sp³-hybridized carbons (Fsp3) is 0.600. The van der Waals surface area contributed by atoms with Crippen molar-refractivity contribution < 1.29 is 4.74 Å². The maximum absolute atomic E-state index is 6.66. The molecular formula is C25H34N6O. The summed E-state index contributed by atoms with van der Waals surface area (Å²) in [5.41, 5.74) is 8.80. The molecule has 2 aromatic rings. The van der Waals surface area contributed by atoms with Crippen molar-refractivity contribution in [2.45, 2.75) is 44.1 Å². The highest BCUT2D eigenvalue weighted by Gasteiger charge is 2.51. The topological polar surface area (TPSA) is 79.5 Å². The van der Waals surface area contributed by atoms with Crippen molar-refractivity contribution in [2.24, 2.45) is 17.8 Å². The molecule has 7 rings (SSSR count). The Labute approximate surface area is 190 Å². The molecular weight excluding hydrogens is 400 g/mol. The van der Waals surface area contributed by atoms with Crippen LogP contribution in [0.2, 0.25) is 0 Å². The van der Waals surface area contributed by atoms with Crippen molar-refractivity contribution >= 4 is 23.0 Å². The highest BCUT2D eigenvalue weighted by molar-refractivity contribution is 5.75. The lowest BCUT2D eigenvalue weighted by Gasteiger charge is -2.57. The molecule has 32 heavy (non-hydrogen) atoms. The predicted octanol–water partition coefficient (Wildman–Crippen LogP) is 3.77. The van der Waals surface area contributed by atoms with Crippen molar-refractivity contribution in [1.29, 1.82) is 0 Å². The zero-order chi connectivity index (χ0) is 21.7. The van der Waals surface area contributed by atoms with E-state index in [2.05, 4.69) is 37.2 Å². The van der Waals surface area contributed by atoms with E-state index in [1.807, 2.05) is 12.1 Å². The summed E-state index contributed by atoms with van der Waals surface area (Å²) in [6.07, 6.45) is 9.82. The molecule has 0 radical (unpaired) electrons. The first-order valence-electron chi connectivity index (χ1n) is 12.1. The van der Waals surface area contributed by atoms with E-state index in [0.717, 1.165) is 61.3 Å². The molecule has 0 amide bonds. The fourth-order valence-electron chi connectivity index (χ4n) is 7.22. The summed E-state index contributed by atoms with van der Waals surface area (Å²) < 4.78 is 5.28. The Morgan fingerprint density at radius 1 is 0.906 bits per heavy atom.